The molecule has 24 heavy (non-hydrogen) atoms. The Bertz CT molecular complexity index is 690. The Morgan fingerprint density at radius 3 is 2.83 bits per heavy atom. The van der Waals surface area contributed by atoms with Gasteiger partial charge in [-0.2, -0.15) is 0 Å². The zero-order chi connectivity index (χ0) is 16.9. The zero-order valence-electron chi connectivity index (χ0n) is 14.3. The first kappa shape index (κ1) is 16.6. The molecule has 1 aliphatic rings. The summed E-state index contributed by atoms with van der Waals surface area (Å²) in [6, 6.07) is 7.69. The number of carbonyl (C=O) groups is 1. The highest BCUT2D eigenvalue weighted by Gasteiger charge is 2.27. The van der Waals surface area contributed by atoms with E-state index in [1.54, 1.807) is 13.4 Å². The van der Waals surface area contributed by atoms with Crippen LogP contribution in [0.15, 0.2) is 30.6 Å². The van der Waals surface area contributed by atoms with Crippen molar-refractivity contribution in [2.75, 3.05) is 20.2 Å². The lowest BCUT2D eigenvalue weighted by atomic mass is 9.95. The van der Waals surface area contributed by atoms with Crippen LogP contribution in [0.1, 0.15) is 47.4 Å². The summed E-state index contributed by atoms with van der Waals surface area (Å²) in [5, 5.41) is 8.28. The van der Waals surface area contributed by atoms with E-state index in [9.17, 15) is 4.79 Å². The van der Waals surface area contributed by atoms with Crippen LogP contribution < -0.4 is 0 Å². The Labute approximate surface area is 142 Å². The van der Waals surface area contributed by atoms with Crippen molar-refractivity contribution >= 4 is 5.91 Å². The minimum atomic E-state index is 0.100. The molecule has 0 saturated carbocycles. The van der Waals surface area contributed by atoms with Crippen molar-refractivity contribution in [1.82, 2.24) is 19.7 Å². The van der Waals surface area contributed by atoms with E-state index >= 15 is 0 Å². The number of rotatable bonds is 5. The Hall–Kier alpha value is -2.21. The monoisotopic (exact) mass is 328 g/mol. The molecule has 0 radical (unpaired) electrons. The average Bonchev–Trinajstić information content (AvgIpc) is 3.10. The van der Waals surface area contributed by atoms with Crippen LogP contribution in [0.2, 0.25) is 0 Å². The zero-order valence-corrected chi connectivity index (χ0v) is 14.3. The number of nitrogens with zero attached hydrogens (tertiary/aromatic N) is 4. The van der Waals surface area contributed by atoms with E-state index in [-0.39, 0.29) is 5.91 Å². The second kappa shape index (κ2) is 7.57. The molecule has 1 fully saturated rings. The molecule has 1 saturated heterocycles. The number of amides is 1. The topological polar surface area (TPSA) is 60.2 Å². The smallest absolute Gasteiger partial charge is 0.253 e. The molecule has 128 valence electrons. The summed E-state index contributed by atoms with van der Waals surface area (Å²) in [7, 11) is 1.66. The van der Waals surface area contributed by atoms with E-state index in [1.165, 1.54) is 0 Å². The number of ether oxygens (including phenoxy) is 1. The maximum atomic E-state index is 12.7. The first-order valence-electron chi connectivity index (χ1n) is 8.47. The van der Waals surface area contributed by atoms with Crippen LogP contribution in [0, 0.1) is 0 Å². The van der Waals surface area contributed by atoms with Gasteiger partial charge >= 0.3 is 0 Å². The van der Waals surface area contributed by atoms with E-state index < -0.39 is 0 Å². The van der Waals surface area contributed by atoms with Gasteiger partial charge in [0.05, 0.1) is 6.61 Å². The molecule has 0 atom stereocenters. The molecule has 0 spiro atoms. The van der Waals surface area contributed by atoms with Gasteiger partial charge < -0.3 is 14.2 Å². The summed E-state index contributed by atoms with van der Waals surface area (Å²) < 4.78 is 7.24. The van der Waals surface area contributed by atoms with Crippen LogP contribution in [-0.4, -0.2) is 45.8 Å². The maximum absolute atomic E-state index is 12.7. The first-order valence-corrected chi connectivity index (χ1v) is 8.47. The summed E-state index contributed by atoms with van der Waals surface area (Å²) in [6.45, 7) is 5.02. The van der Waals surface area contributed by atoms with Gasteiger partial charge in [0, 0.05) is 38.2 Å². The third-order valence-corrected chi connectivity index (χ3v) is 4.62. The van der Waals surface area contributed by atoms with Crippen molar-refractivity contribution in [2.45, 2.75) is 38.8 Å². The van der Waals surface area contributed by atoms with Gasteiger partial charge in [0.1, 0.15) is 12.2 Å². The quantitative estimate of drug-likeness (QED) is 0.846. The predicted molar refractivity (Wildman–Crippen MR) is 90.7 cm³/mol. The lowest BCUT2D eigenvalue weighted by Gasteiger charge is -2.31. The van der Waals surface area contributed by atoms with Gasteiger partial charge in [0.2, 0.25) is 0 Å². The molecule has 2 aromatic rings. The van der Waals surface area contributed by atoms with Crippen molar-refractivity contribution in [2.24, 2.45) is 0 Å². The van der Waals surface area contributed by atoms with Gasteiger partial charge in [0.25, 0.3) is 5.91 Å². The molecule has 1 amide bonds. The minimum Gasteiger partial charge on any atom is -0.380 e. The third-order valence-electron chi connectivity index (χ3n) is 4.62. The SMILES string of the molecule is CCn1cnnc1C1CCN(C(=O)c2cccc(COC)c2)CC1. The molecule has 2 heterocycles. The van der Waals surface area contributed by atoms with Crippen LogP contribution in [-0.2, 0) is 17.9 Å². The van der Waals surface area contributed by atoms with E-state index in [4.69, 9.17) is 4.74 Å². The number of hydrogen-bond donors (Lipinski definition) is 0. The Balaban J connectivity index is 1.64. The number of aryl methyl sites for hydroxylation is 1. The fourth-order valence-electron chi connectivity index (χ4n) is 3.31. The van der Waals surface area contributed by atoms with E-state index in [0.29, 0.717) is 12.5 Å². The van der Waals surface area contributed by atoms with Crippen LogP contribution in [0.4, 0.5) is 0 Å². The van der Waals surface area contributed by atoms with E-state index in [0.717, 1.165) is 49.4 Å². The molecular weight excluding hydrogens is 304 g/mol. The summed E-state index contributed by atoms with van der Waals surface area (Å²) in [5.41, 5.74) is 1.76. The molecule has 1 aliphatic heterocycles. The van der Waals surface area contributed by atoms with E-state index in [2.05, 4.69) is 21.7 Å². The molecule has 1 aromatic heterocycles. The number of benzene rings is 1. The van der Waals surface area contributed by atoms with E-state index in [1.807, 2.05) is 29.2 Å². The molecule has 0 N–H and O–H groups in total. The molecule has 1 aromatic carbocycles. The number of hydrogen-bond acceptors (Lipinski definition) is 4. The largest absolute Gasteiger partial charge is 0.380 e. The van der Waals surface area contributed by atoms with Crippen molar-refractivity contribution in [3.8, 4) is 0 Å². The van der Waals surface area contributed by atoms with Crippen molar-refractivity contribution in [1.29, 1.82) is 0 Å². The van der Waals surface area contributed by atoms with Crippen molar-refractivity contribution in [3.63, 3.8) is 0 Å². The van der Waals surface area contributed by atoms with Crippen LogP contribution >= 0.6 is 0 Å². The molecule has 6 nitrogen and oxygen atoms in total. The van der Waals surface area contributed by atoms with Gasteiger partial charge in [-0.3, -0.25) is 4.79 Å². The van der Waals surface area contributed by atoms with Gasteiger partial charge in [0.15, 0.2) is 0 Å². The number of carbonyl (C=O) groups excluding carboxylic acids is 1. The Morgan fingerprint density at radius 1 is 1.33 bits per heavy atom. The lowest BCUT2D eigenvalue weighted by Crippen LogP contribution is -2.38. The molecule has 0 aliphatic carbocycles. The van der Waals surface area contributed by atoms with Crippen molar-refractivity contribution < 1.29 is 9.53 Å². The highest BCUT2D eigenvalue weighted by molar-refractivity contribution is 5.94. The van der Waals surface area contributed by atoms with Crippen LogP contribution in [0.5, 0.6) is 0 Å². The second-order valence-electron chi connectivity index (χ2n) is 6.18. The van der Waals surface area contributed by atoms with Crippen molar-refractivity contribution in [3.05, 3.63) is 47.5 Å². The molecule has 6 heteroatoms. The third kappa shape index (κ3) is 3.48. The highest BCUT2D eigenvalue weighted by atomic mass is 16.5. The summed E-state index contributed by atoms with van der Waals surface area (Å²) >= 11 is 0. The number of likely N-dealkylation sites (tertiary alicyclic amines) is 1. The summed E-state index contributed by atoms with van der Waals surface area (Å²) in [6.07, 6.45) is 3.65. The number of methoxy groups -OCH3 is 1. The molecule has 3 rings (SSSR count). The van der Waals surface area contributed by atoms with Crippen LogP contribution in [0.25, 0.3) is 0 Å². The second-order valence-corrected chi connectivity index (χ2v) is 6.18. The first-order chi connectivity index (χ1) is 11.7. The molecule has 0 bridgehead atoms. The fraction of sp³-hybridized carbons (Fsp3) is 0.500. The molecule has 0 unspecified atom stereocenters. The van der Waals surface area contributed by atoms with Gasteiger partial charge in [-0.1, -0.05) is 12.1 Å². The number of piperidine rings is 1. The standard InChI is InChI=1S/C18H24N4O2/c1-3-21-13-19-20-17(21)15-7-9-22(10-8-15)18(23)16-6-4-5-14(11-16)12-24-2/h4-6,11,13,15H,3,7-10,12H2,1-2H3. The fourth-order valence-corrected chi connectivity index (χ4v) is 3.31. The molecular formula is C18H24N4O2. The average molecular weight is 328 g/mol. The van der Waals surface area contributed by atoms with Gasteiger partial charge in [-0.25, -0.2) is 0 Å². The van der Waals surface area contributed by atoms with Gasteiger partial charge in [-0.05, 0) is 37.5 Å². The predicted octanol–water partition coefficient (Wildman–Crippen LogP) is 2.46. The lowest BCUT2D eigenvalue weighted by molar-refractivity contribution is 0.0710. The summed E-state index contributed by atoms with van der Waals surface area (Å²) in [4.78, 5) is 14.7. The number of aromatic nitrogens is 3. The Morgan fingerprint density at radius 2 is 2.12 bits per heavy atom. The Kier molecular flexibility index (Phi) is 5.25. The summed E-state index contributed by atoms with van der Waals surface area (Å²) in [5.74, 6) is 1.53. The highest BCUT2D eigenvalue weighted by Crippen LogP contribution is 2.27. The van der Waals surface area contributed by atoms with Gasteiger partial charge in [-0.15, -0.1) is 10.2 Å². The maximum Gasteiger partial charge on any atom is 0.253 e. The minimum absolute atomic E-state index is 0.100. The normalized spacial score (nSPS) is 15.7. The van der Waals surface area contributed by atoms with Crippen LogP contribution in [0.3, 0.4) is 0 Å².